The second-order valence-corrected chi connectivity index (χ2v) is 5.39. The molecule has 1 amide bonds. The van der Waals surface area contributed by atoms with Crippen molar-refractivity contribution in [1.82, 2.24) is 10.3 Å². The van der Waals surface area contributed by atoms with E-state index in [1.165, 1.54) is 0 Å². The highest BCUT2D eigenvalue weighted by molar-refractivity contribution is 9.10. The second kappa shape index (κ2) is 10.1. The van der Waals surface area contributed by atoms with Gasteiger partial charge in [-0.05, 0) is 41.3 Å². The van der Waals surface area contributed by atoms with Crippen LogP contribution in [0.5, 0.6) is 0 Å². The Morgan fingerprint density at radius 2 is 2.09 bits per heavy atom. The van der Waals surface area contributed by atoms with Gasteiger partial charge >= 0.3 is 11.9 Å². The van der Waals surface area contributed by atoms with E-state index >= 15 is 0 Å². The highest BCUT2D eigenvalue weighted by Crippen LogP contribution is 2.11. The number of aromatic nitrogens is 1. The molecule has 0 saturated heterocycles. The highest BCUT2D eigenvalue weighted by atomic mass is 79.9. The third kappa shape index (κ3) is 7.32. The summed E-state index contributed by atoms with van der Waals surface area (Å²) in [4.78, 5) is 28.5. The number of amides is 1. The lowest BCUT2D eigenvalue weighted by Gasteiger charge is -2.13. The van der Waals surface area contributed by atoms with Gasteiger partial charge in [-0.3, -0.25) is 21.3 Å². The zero-order chi connectivity index (χ0) is 15.8. The topological polar surface area (TPSA) is 148 Å². The third-order valence-electron chi connectivity index (χ3n) is 2.74. The molecular formula is C12H19BrClN5O3. The lowest BCUT2D eigenvalue weighted by Crippen LogP contribution is -3.00. The first-order valence-electron chi connectivity index (χ1n) is 6.39. The van der Waals surface area contributed by atoms with Crippen molar-refractivity contribution in [2.24, 2.45) is 11.5 Å². The molecule has 0 radical (unpaired) electrons. The fourth-order valence-corrected chi connectivity index (χ4v) is 2.04. The molecule has 1 atom stereocenters. The van der Waals surface area contributed by atoms with Gasteiger partial charge in [0.2, 0.25) is 0 Å². The number of carboxylic acid groups (broad SMARTS) is 1. The zero-order valence-corrected chi connectivity index (χ0v) is 14.1. The fraction of sp³-hybridized carbons (Fsp3) is 0.417. The Balaban J connectivity index is 0.00000441. The monoisotopic (exact) mass is 395 g/mol. The van der Waals surface area contributed by atoms with Gasteiger partial charge in [-0.15, -0.1) is 0 Å². The van der Waals surface area contributed by atoms with E-state index in [4.69, 9.17) is 16.6 Å². The van der Waals surface area contributed by atoms with Crippen LogP contribution in [0.1, 0.15) is 29.8 Å². The van der Waals surface area contributed by atoms with E-state index in [-0.39, 0.29) is 18.4 Å². The van der Waals surface area contributed by atoms with Crippen LogP contribution in [0.4, 0.5) is 0 Å². The lowest BCUT2D eigenvalue weighted by molar-refractivity contribution is -0.459. The first-order chi connectivity index (χ1) is 9.90. The second-order valence-electron chi connectivity index (χ2n) is 4.47. The minimum Gasteiger partial charge on any atom is -1.00 e. The Kier molecular flexibility index (Phi) is 9.27. The molecule has 22 heavy (non-hydrogen) atoms. The maximum absolute atomic E-state index is 11.9. The number of guanidine groups is 1. The molecule has 0 aliphatic rings. The van der Waals surface area contributed by atoms with E-state index in [0.29, 0.717) is 31.5 Å². The summed E-state index contributed by atoms with van der Waals surface area (Å²) in [5, 5.41) is 11.6. The molecule has 10 heteroatoms. The van der Waals surface area contributed by atoms with E-state index in [1.807, 2.05) is 0 Å². The van der Waals surface area contributed by atoms with Gasteiger partial charge in [0.1, 0.15) is 11.7 Å². The maximum atomic E-state index is 11.9. The van der Waals surface area contributed by atoms with Crippen molar-refractivity contribution >= 4 is 33.8 Å². The van der Waals surface area contributed by atoms with Crippen molar-refractivity contribution in [2.45, 2.75) is 25.3 Å². The van der Waals surface area contributed by atoms with E-state index in [1.54, 1.807) is 12.3 Å². The number of halogens is 2. The van der Waals surface area contributed by atoms with E-state index < -0.39 is 17.9 Å². The van der Waals surface area contributed by atoms with Crippen molar-refractivity contribution in [3.8, 4) is 0 Å². The smallest absolute Gasteiger partial charge is 0.338 e. The number of nitrogens with one attached hydrogen (secondary N) is 3. The van der Waals surface area contributed by atoms with Crippen molar-refractivity contribution in [3.05, 3.63) is 22.4 Å². The van der Waals surface area contributed by atoms with Crippen LogP contribution < -0.4 is 34.2 Å². The number of rotatable bonds is 8. The summed E-state index contributed by atoms with van der Waals surface area (Å²) in [5.41, 5.74) is 10.8. The van der Waals surface area contributed by atoms with Crippen LogP contribution in [0.15, 0.2) is 16.7 Å². The van der Waals surface area contributed by atoms with Gasteiger partial charge in [0.25, 0.3) is 5.91 Å². The number of carbonyl (C=O) groups is 2. The van der Waals surface area contributed by atoms with Gasteiger partial charge in [-0.25, -0.2) is 4.79 Å². The molecule has 0 aliphatic carbocycles. The molecule has 1 aromatic heterocycles. The number of carbonyl (C=O) groups excluding carboxylic acids is 1. The molecule has 0 aliphatic heterocycles. The SMILES string of the molecule is NC(N)=[NH+]CCCC[C@H](NC(=O)c1cc(Br)c[nH]1)C(=O)O.[Cl-]. The highest BCUT2D eigenvalue weighted by Gasteiger charge is 2.20. The predicted molar refractivity (Wildman–Crippen MR) is 80.4 cm³/mol. The van der Waals surface area contributed by atoms with Crippen molar-refractivity contribution < 1.29 is 32.1 Å². The number of nitrogens with two attached hydrogens (primary N) is 2. The Morgan fingerprint density at radius 1 is 1.41 bits per heavy atom. The van der Waals surface area contributed by atoms with Crippen molar-refractivity contribution in [2.75, 3.05) is 6.54 Å². The maximum Gasteiger partial charge on any atom is 0.338 e. The van der Waals surface area contributed by atoms with Crippen LogP contribution >= 0.6 is 15.9 Å². The number of unbranched alkanes of at least 4 members (excludes halogenated alkanes) is 1. The predicted octanol–water partition coefficient (Wildman–Crippen LogP) is -4.51. The Morgan fingerprint density at radius 3 is 2.59 bits per heavy atom. The molecule has 1 aromatic rings. The van der Waals surface area contributed by atoms with Gasteiger partial charge < -0.3 is 27.8 Å². The Bertz CT molecular complexity index is 531. The van der Waals surface area contributed by atoms with Crippen LogP contribution in [0.25, 0.3) is 0 Å². The number of hydrogen-bond donors (Lipinski definition) is 6. The molecule has 0 aromatic carbocycles. The summed E-state index contributed by atoms with van der Waals surface area (Å²) < 4.78 is 0.723. The van der Waals surface area contributed by atoms with Gasteiger partial charge in [-0.1, -0.05) is 0 Å². The minimum absolute atomic E-state index is 0. The quantitative estimate of drug-likeness (QED) is 0.149. The summed E-state index contributed by atoms with van der Waals surface area (Å²) in [6.07, 6.45) is 3.25. The summed E-state index contributed by atoms with van der Waals surface area (Å²) in [6.45, 7) is 0.562. The summed E-state index contributed by atoms with van der Waals surface area (Å²) in [7, 11) is 0. The van der Waals surface area contributed by atoms with E-state index in [9.17, 15) is 9.59 Å². The molecule has 0 spiro atoms. The standard InChI is InChI=1S/C12H18BrN5O3.ClH/c13-7-5-9(17-6-7)10(19)18-8(11(20)21)3-1-2-4-16-12(14)15;/h5-6,8,17H,1-4H2,(H,18,19)(H,20,21)(H4,14,15,16);1H/t8-;/m0./s1. The molecule has 0 fully saturated rings. The third-order valence-corrected chi connectivity index (χ3v) is 3.20. The minimum atomic E-state index is -1.06. The molecule has 0 bridgehead atoms. The first-order valence-corrected chi connectivity index (χ1v) is 7.19. The average Bonchev–Trinajstić information content (AvgIpc) is 2.83. The van der Waals surface area contributed by atoms with Crippen LogP contribution in [-0.2, 0) is 4.79 Å². The number of H-pyrrole nitrogens is 1. The summed E-state index contributed by atoms with van der Waals surface area (Å²) in [5.74, 6) is -1.38. The number of aliphatic carboxylic acids is 1. The van der Waals surface area contributed by atoms with Crippen LogP contribution in [0.3, 0.4) is 0 Å². The first kappa shape index (κ1) is 20.3. The normalized spacial score (nSPS) is 11.1. The molecule has 0 saturated carbocycles. The molecule has 1 rings (SSSR count). The molecule has 0 unspecified atom stereocenters. The van der Waals surface area contributed by atoms with Gasteiger partial charge in [0, 0.05) is 10.7 Å². The van der Waals surface area contributed by atoms with Crippen LogP contribution in [-0.4, -0.2) is 40.5 Å². The van der Waals surface area contributed by atoms with Gasteiger partial charge in [-0.2, -0.15) is 0 Å². The van der Waals surface area contributed by atoms with Crippen molar-refractivity contribution in [3.63, 3.8) is 0 Å². The lowest BCUT2D eigenvalue weighted by atomic mass is 10.1. The molecule has 1 heterocycles. The zero-order valence-electron chi connectivity index (χ0n) is 11.7. The largest absolute Gasteiger partial charge is 1.00 e. The average molecular weight is 397 g/mol. The summed E-state index contributed by atoms with van der Waals surface area (Å²) in [6, 6.07) is 0.650. The van der Waals surface area contributed by atoms with Gasteiger partial charge in [0.05, 0.1) is 6.54 Å². The molecule has 8 N–H and O–H groups in total. The van der Waals surface area contributed by atoms with E-state index in [0.717, 1.165) is 4.47 Å². The Labute approximate surface area is 142 Å². The van der Waals surface area contributed by atoms with Gasteiger partial charge in [0.15, 0.2) is 0 Å². The van der Waals surface area contributed by atoms with Crippen LogP contribution in [0, 0.1) is 0 Å². The fourth-order valence-electron chi connectivity index (χ4n) is 1.70. The number of carboxylic acids is 1. The Hall–Kier alpha value is -1.74. The van der Waals surface area contributed by atoms with Crippen molar-refractivity contribution in [1.29, 1.82) is 0 Å². The number of aromatic amines is 1. The van der Waals surface area contributed by atoms with Crippen LogP contribution in [0.2, 0.25) is 0 Å². The number of hydrogen-bond acceptors (Lipinski definition) is 2. The molecular weight excluding hydrogens is 378 g/mol. The van der Waals surface area contributed by atoms with E-state index in [2.05, 4.69) is 31.2 Å². The molecule has 8 nitrogen and oxygen atoms in total. The summed E-state index contributed by atoms with van der Waals surface area (Å²) >= 11 is 3.21. The molecule has 124 valence electrons.